The number of anilines is 2. The van der Waals surface area contributed by atoms with Crippen LogP contribution in [0.15, 0.2) is 42.5 Å². The Hall–Kier alpha value is -2.54. The van der Waals surface area contributed by atoms with Gasteiger partial charge in [0.2, 0.25) is 11.8 Å². The Morgan fingerprint density at radius 2 is 1.85 bits per heavy atom. The minimum atomic E-state index is -4.41. The Kier molecular flexibility index (Phi) is 5.41. The minimum absolute atomic E-state index is 0.0133. The zero-order chi connectivity index (χ0) is 19.6. The van der Waals surface area contributed by atoms with Crippen molar-refractivity contribution in [1.82, 2.24) is 0 Å². The number of nitrogens with zero attached hydrogens (tertiary/aromatic N) is 1. The number of halogens is 4. The number of rotatable bonds is 4. The van der Waals surface area contributed by atoms with Crippen LogP contribution in [0.5, 0.6) is 0 Å². The molecule has 0 saturated carbocycles. The van der Waals surface area contributed by atoms with Gasteiger partial charge in [-0.25, -0.2) is 0 Å². The van der Waals surface area contributed by atoms with E-state index < -0.39 is 17.6 Å². The monoisotopic (exact) mass is 396 g/mol. The summed E-state index contributed by atoms with van der Waals surface area (Å²) in [6.45, 7) is 0.611. The standard InChI is InChI=1S/C19H16ClF3N2O2/c20-15-8-7-14(25-9-1-2-18(25)27)11-16(15)24-17(26)10-12-3-5-13(6-4-12)19(21,22)23/h3-8,11H,1-2,9-10H2,(H,24,26). The first-order chi connectivity index (χ1) is 12.7. The van der Waals surface area contributed by atoms with E-state index in [9.17, 15) is 22.8 Å². The molecule has 0 aliphatic carbocycles. The number of carbonyl (C=O) groups is 2. The molecule has 0 spiro atoms. The molecule has 2 aromatic rings. The largest absolute Gasteiger partial charge is 0.416 e. The summed E-state index contributed by atoms with van der Waals surface area (Å²) in [6.07, 6.45) is -3.25. The van der Waals surface area contributed by atoms with Crippen molar-refractivity contribution in [3.63, 3.8) is 0 Å². The first-order valence-corrected chi connectivity index (χ1v) is 8.68. The second kappa shape index (κ2) is 7.60. The molecule has 2 amide bonds. The Morgan fingerprint density at radius 1 is 1.15 bits per heavy atom. The maximum Gasteiger partial charge on any atom is 0.416 e. The van der Waals surface area contributed by atoms with Gasteiger partial charge in [0.25, 0.3) is 0 Å². The van der Waals surface area contributed by atoms with E-state index in [1.54, 1.807) is 23.1 Å². The van der Waals surface area contributed by atoms with Crippen molar-refractivity contribution >= 4 is 34.8 Å². The van der Waals surface area contributed by atoms with Gasteiger partial charge in [0.1, 0.15) is 0 Å². The second-order valence-corrected chi connectivity index (χ2v) is 6.64. The molecule has 1 aliphatic rings. The van der Waals surface area contributed by atoms with E-state index >= 15 is 0 Å². The second-order valence-electron chi connectivity index (χ2n) is 6.23. The molecule has 1 N–H and O–H groups in total. The number of hydrogen-bond donors (Lipinski definition) is 1. The Labute approximate surface area is 158 Å². The van der Waals surface area contributed by atoms with Crippen LogP contribution in [0.2, 0.25) is 5.02 Å². The molecule has 3 rings (SSSR count). The van der Waals surface area contributed by atoms with E-state index in [0.29, 0.717) is 34.9 Å². The molecule has 0 bridgehead atoms. The summed E-state index contributed by atoms with van der Waals surface area (Å²) in [5.41, 5.74) is 0.678. The lowest BCUT2D eigenvalue weighted by atomic mass is 10.1. The normalized spacial score (nSPS) is 14.5. The van der Waals surface area contributed by atoms with Crippen LogP contribution in [0.3, 0.4) is 0 Å². The summed E-state index contributed by atoms with van der Waals surface area (Å²) < 4.78 is 37.8. The Balaban J connectivity index is 1.69. The van der Waals surface area contributed by atoms with Crippen molar-refractivity contribution in [3.05, 3.63) is 58.6 Å². The van der Waals surface area contributed by atoms with Crippen molar-refractivity contribution in [2.24, 2.45) is 0 Å². The van der Waals surface area contributed by atoms with Gasteiger partial charge in [-0.2, -0.15) is 13.2 Å². The van der Waals surface area contributed by atoms with Gasteiger partial charge in [0.15, 0.2) is 0 Å². The molecule has 27 heavy (non-hydrogen) atoms. The van der Waals surface area contributed by atoms with Crippen LogP contribution in [0.4, 0.5) is 24.5 Å². The van der Waals surface area contributed by atoms with Crippen molar-refractivity contribution in [1.29, 1.82) is 0 Å². The number of alkyl halides is 3. The van der Waals surface area contributed by atoms with Crippen LogP contribution in [0, 0.1) is 0 Å². The van der Waals surface area contributed by atoms with Crippen LogP contribution in [-0.4, -0.2) is 18.4 Å². The third-order valence-corrected chi connectivity index (χ3v) is 4.58. The molecular weight excluding hydrogens is 381 g/mol. The molecule has 0 unspecified atom stereocenters. The lowest BCUT2D eigenvalue weighted by Gasteiger charge is -2.17. The highest BCUT2D eigenvalue weighted by molar-refractivity contribution is 6.33. The van der Waals surface area contributed by atoms with Gasteiger partial charge in [-0.3, -0.25) is 9.59 Å². The number of hydrogen-bond acceptors (Lipinski definition) is 2. The van der Waals surface area contributed by atoms with E-state index in [1.165, 1.54) is 12.1 Å². The van der Waals surface area contributed by atoms with Gasteiger partial charge < -0.3 is 10.2 Å². The molecule has 142 valence electrons. The fraction of sp³-hybridized carbons (Fsp3) is 0.263. The molecular formula is C19H16ClF3N2O2. The van der Waals surface area contributed by atoms with E-state index in [4.69, 9.17) is 11.6 Å². The van der Waals surface area contributed by atoms with Crippen molar-refractivity contribution in [2.75, 3.05) is 16.8 Å². The van der Waals surface area contributed by atoms with E-state index in [-0.39, 0.29) is 12.3 Å². The summed E-state index contributed by atoms with van der Waals surface area (Å²) in [5, 5.41) is 2.96. The predicted molar refractivity (Wildman–Crippen MR) is 96.8 cm³/mol. The maximum absolute atomic E-state index is 12.6. The van der Waals surface area contributed by atoms with Gasteiger partial charge in [0.05, 0.1) is 22.7 Å². The fourth-order valence-corrected chi connectivity index (χ4v) is 3.05. The Bertz CT molecular complexity index is 866. The third kappa shape index (κ3) is 4.60. The van der Waals surface area contributed by atoms with E-state index in [0.717, 1.165) is 18.6 Å². The predicted octanol–water partition coefficient (Wildman–Crippen LogP) is 4.67. The lowest BCUT2D eigenvalue weighted by Crippen LogP contribution is -2.24. The third-order valence-electron chi connectivity index (χ3n) is 4.26. The summed E-state index contributed by atoms with van der Waals surface area (Å²) in [5.74, 6) is -0.402. The minimum Gasteiger partial charge on any atom is -0.324 e. The van der Waals surface area contributed by atoms with Crippen LogP contribution < -0.4 is 10.2 Å². The molecule has 4 nitrogen and oxygen atoms in total. The first-order valence-electron chi connectivity index (χ1n) is 8.30. The molecule has 1 saturated heterocycles. The van der Waals surface area contributed by atoms with Gasteiger partial charge in [-0.1, -0.05) is 23.7 Å². The van der Waals surface area contributed by atoms with Crippen molar-refractivity contribution in [2.45, 2.75) is 25.4 Å². The summed E-state index contributed by atoms with van der Waals surface area (Å²) in [7, 11) is 0. The molecule has 2 aromatic carbocycles. The van der Waals surface area contributed by atoms with Gasteiger partial charge in [-0.05, 0) is 42.3 Å². The van der Waals surface area contributed by atoms with Crippen LogP contribution in [0.1, 0.15) is 24.0 Å². The molecule has 0 atom stereocenters. The number of amides is 2. The molecule has 1 aliphatic heterocycles. The van der Waals surface area contributed by atoms with Crippen LogP contribution >= 0.6 is 11.6 Å². The average Bonchev–Trinajstić information content (AvgIpc) is 3.02. The fourth-order valence-electron chi connectivity index (χ4n) is 2.89. The van der Waals surface area contributed by atoms with E-state index in [2.05, 4.69) is 5.32 Å². The van der Waals surface area contributed by atoms with Crippen molar-refractivity contribution < 1.29 is 22.8 Å². The molecule has 0 radical (unpaired) electrons. The molecule has 1 heterocycles. The summed E-state index contributed by atoms with van der Waals surface area (Å²) in [4.78, 5) is 25.7. The quantitative estimate of drug-likeness (QED) is 0.816. The summed E-state index contributed by atoms with van der Waals surface area (Å²) >= 11 is 6.11. The number of carbonyl (C=O) groups excluding carboxylic acids is 2. The van der Waals surface area contributed by atoms with Gasteiger partial charge in [-0.15, -0.1) is 0 Å². The molecule has 1 fully saturated rings. The number of nitrogens with one attached hydrogen (secondary N) is 1. The zero-order valence-electron chi connectivity index (χ0n) is 14.1. The SMILES string of the molecule is O=C(Cc1ccc(C(F)(F)F)cc1)Nc1cc(N2CCCC2=O)ccc1Cl. The highest BCUT2D eigenvalue weighted by Gasteiger charge is 2.30. The maximum atomic E-state index is 12.6. The number of benzene rings is 2. The Morgan fingerprint density at radius 3 is 2.44 bits per heavy atom. The van der Waals surface area contributed by atoms with Gasteiger partial charge in [0, 0.05) is 18.7 Å². The topological polar surface area (TPSA) is 49.4 Å². The highest BCUT2D eigenvalue weighted by Crippen LogP contribution is 2.31. The van der Waals surface area contributed by atoms with Crippen LogP contribution in [0.25, 0.3) is 0 Å². The smallest absolute Gasteiger partial charge is 0.324 e. The highest BCUT2D eigenvalue weighted by atomic mass is 35.5. The van der Waals surface area contributed by atoms with Crippen LogP contribution in [-0.2, 0) is 22.2 Å². The first kappa shape index (κ1) is 19.2. The average molecular weight is 397 g/mol. The lowest BCUT2D eigenvalue weighted by molar-refractivity contribution is -0.137. The molecule has 8 heteroatoms. The zero-order valence-corrected chi connectivity index (χ0v) is 14.9. The summed E-state index contributed by atoms with van der Waals surface area (Å²) in [6, 6.07) is 9.33. The van der Waals surface area contributed by atoms with Gasteiger partial charge >= 0.3 is 6.18 Å². The van der Waals surface area contributed by atoms with E-state index in [1.807, 2.05) is 0 Å². The van der Waals surface area contributed by atoms with Crippen molar-refractivity contribution in [3.8, 4) is 0 Å². The molecule has 0 aromatic heterocycles.